The van der Waals surface area contributed by atoms with E-state index in [0.29, 0.717) is 17.9 Å². The summed E-state index contributed by atoms with van der Waals surface area (Å²) in [6.45, 7) is 5.25. The number of hydrogen-bond acceptors (Lipinski definition) is 1. The van der Waals surface area contributed by atoms with Gasteiger partial charge in [-0.05, 0) is 78.7 Å². The van der Waals surface area contributed by atoms with Crippen molar-refractivity contribution >= 4 is 0 Å². The van der Waals surface area contributed by atoms with Gasteiger partial charge in [0, 0.05) is 6.61 Å². The number of rotatable bonds is 7. The van der Waals surface area contributed by atoms with Gasteiger partial charge in [-0.2, -0.15) is 0 Å². The summed E-state index contributed by atoms with van der Waals surface area (Å²) in [6, 6.07) is 29.2. The molecule has 1 saturated carbocycles. The van der Waals surface area contributed by atoms with Gasteiger partial charge in [0.1, 0.15) is 0 Å². The highest BCUT2D eigenvalue weighted by Crippen LogP contribution is 2.35. The molecule has 0 radical (unpaired) electrons. The van der Waals surface area contributed by atoms with Crippen LogP contribution in [0.2, 0.25) is 0 Å². The average molecular weight is 399 g/mol. The predicted octanol–water partition coefficient (Wildman–Crippen LogP) is 7.76. The summed E-state index contributed by atoms with van der Waals surface area (Å²) in [4.78, 5) is 0. The van der Waals surface area contributed by atoms with E-state index >= 15 is 0 Å². The van der Waals surface area contributed by atoms with E-state index in [1.165, 1.54) is 53.5 Å². The Kier molecular flexibility index (Phi) is 7.02. The van der Waals surface area contributed by atoms with Crippen LogP contribution in [-0.2, 0) is 11.2 Å². The van der Waals surface area contributed by atoms with Crippen molar-refractivity contribution < 1.29 is 4.74 Å². The number of benzene rings is 3. The van der Waals surface area contributed by atoms with Crippen LogP contribution in [0, 0.1) is 0 Å². The van der Waals surface area contributed by atoms with Crippen LogP contribution in [0.3, 0.4) is 0 Å². The van der Waals surface area contributed by atoms with Crippen molar-refractivity contribution in [3.8, 4) is 11.1 Å². The molecule has 0 heterocycles. The second-order valence-corrected chi connectivity index (χ2v) is 8.76. The molecule has 0 aromatic heterocycles. The minimum atomic E-state index is 0.480. The normalized spacial score (nSPS) is 20.1. The van der Waals surface area contributed by atoms with E-state index in [0.717, 1.165) is 13.0 Å². The summed E-state index contributed by atoms with van der Waals surface area (Å²) in [5.74, 6) is 1.23. The Labute approximate surface area is 182 Å². The topological polar surface area (TPSA) is 9.23 Å². The summed E-state index contributed by atoms with van der Waals surface area (Å²) >= 11 is 0. The zero-order chi connectivity index (χ0) is 20.8. The minimum absolute atomic E-state index is 0.480. The molecule has 1 heteroatoms. The highest BCUT2D eigenvalue weighted by Gasteiger charge is 2.22. The van der Waals surface area contributed by atoms with Crippen LogP contribution in [0.25, 0.3) is 11.1 Å². The SMILES string of the molecule is CCOC1CCC(c2ccc(-c3ccc(CC(C)c4ccccc4)cc3)cc2)CC1. The molecule has 3 aromatic rings. The fourth-order valence-corrected chi connectivity index (χ4v) is 4.83. The predicted molar refractivity (Wildman–Crippen MR) is 127 cm³/mol. The quantitative estimate of drug-likeness (QED) is 0.395. The second kappa shape index (κ2) is 10.1. The fourth-order valence-electron chi connectivity index (χ4n) is 4.83. The third-order valence-electron chi connectivity index (χ3n) is 6.66. The monoisotopic (exact) mass is 398 g/mol. The van der Waals surface area contributed by atoms with Gasteiger partial charge in [-0.25, -0.2) is 0 Å². The van der Waals surface area contributed by atoms with Crippen LogP contribution in [0.1, 0.15) is 68.1 Å². The van der Waals surface area contributed by atoms with Crippen LogP contribution in [0.15, 0.2) is 78.9 Å². The second-order valence-electron chi connectivity index (χ2n) is 8.76. The van der Waals surface area contributed by atoms with Crippen LogP contribution in [0.5, 0.6) is 0 Å². The van der Waals surface area contributed by atoms with E-state index in [1.807, 2.05) is 0 Å². The molecular weight excluding hydrogens is 364 g/mol. The Morgan fingerprint density at radius 3 is 1.97 bits per heavy atom. The Balaban J connectivity index is 1.36. The molecule has 30 heavy (non-hydrogen) atoms. The molecule has 0 bridgehead atoms. The largest absolute Gasteiger partial charge is 0.379 e. The van der Waals surface area contributed by atoms with E-state index in [-0.39, 0.29) is 0 Å². The lowest BCUT2D eigenvalue weighted by Gasteiger charge is -2.28. The first-order valence-electron chi connectivity index (χ1n) is 11.6. The third-order valence-corrected chi connectivity index (χ3v) is 6.66. The number of ether oxygens (including phenoxy) is 1. The molecule has 1 nitrogen and oxygen atoms in total. The molecule has 0 N–H and O–H groups in total. The Bertz CT molecular complexity index is 887. The maximum Gasteiger partial charge on any atom is 0.0575 e. The van der Waals surface area contributed by atoms with Gasteiger partial charge in [0.25, 0.3) is 0 Å². The third kappa shape index (κ3) is 5.21. The molecule has 1 atom stereocenters. The minimum Gasteiger partial charge on any atom is -0.379 e. The highest BCUT2D eigenvalue weighted by molar-refractivity contribution is 5.64. The summed E-state index contributed by atoms with van der Waals surface area (Å²) in [5.41, 5.74) is 6.91. The average Bonchev–Trinajstić information content (AvgIpc) is 2.81. The van der Waals surface area contributed by atoms with Crippen molar-refractivity contribution in [3.63, 3.8) is 0 Å². The highest BCUT2D eigenvalue weighted by atomic mass is 16.5. The lowest BCUT2D eigenvalue weighted by molar-refractivity contribution is 0.0328. The van der Waals surface area contributed by atoms with Gasteiger partial charge >= 0.3 is 0 Å². The van der Waals surface area contributed by atoms with Gasteiger partial charge in [0.2, 0.25) is 0 Å². The van der Waals surface area contributed by atoms with Gasteiger partial charge in [-0.3, -0.25) is 0 Å². The zero-order valence-corrected chi connectivity index (χ0v) is 18.4. The van der Waals surface area contributed by atoms with Crippen molar-refractivity contribution in [2.24, 2.45) is 0 Å². The van der Waals surface area contributed by atoms with Crippen molar-refractivity contribution in [1.82, 2.24) is 0 Å². The van der Waals surface area contributed by atoms with Gasteiger partial charge in [0.05, 0.1) is 6.10 Å². The first kappa shape index (κ1) is 20.9. The van der Waals surface area contributed by atoms with Gasteiger partial charge in [-0.15, -0.1) is 0 Å². The zero-order valence-electron chi connectivity index (χ0n) is 18.4. The number of hydrogen-bond donors (Lipinski definition) is 0. The summed E-state index contributed by atoms with van der Waals surface area (Å²) in [7, 11) is 0. The van der Waals surface area contributed by atoms with Crippen molar-refractivity contribution in [1.29, 1.82) is 0 Å². The van der Waals surface area contributed by atoms with Crippen molar-refractivity contribution in [3.05, 3.63) is 95.6 Å². The van der Waals surface area contributed by atoms with Crippen LogP contribution in [0.4, 0.5) is 0 Å². The molecule has 156 valence electrons. The molecule has 3 aromatic carbocycles. The lowest BCUT2D eigenvalue weighted by atomic mass is 9.82. The molecule has 1 fully saturated rings. The van der Waals surface area contributed by atoms with E-state index in [1.54, 1.807) is 0 Å². The first-order valence-corrected chi connectivity index (χ1v) is 11.6. The summed E-state index contributed by atoms with van der Waals surface area (Å²) in [5, 5.41) is 0. The van der Waals surface area contributed by atoms with E-state index in [4.69, 9.17) is 4.74 Å². The maximum absolute atomic E-state index is 5.80. The van der Waals surface area contributed by atoms with E-state index in [9.17, 15) is 0 Å². The standard InChI is InChI=1S/C29H34O/c1-3-30-29-19-17-28(18-20-29)27-15-13-26(14-16-27)25-11-9-23(10-12-25)21-22(2)24-7-5-4-6-8-24/h4-16,22,28-29H,3,17-21H2,1-2H3. The first-order chi connectivity index (χ1) is 14.7. The molecule has 0 saturated heterocycles. The van der Waals surface area contributed by atoms with Gasteiger partial charge in [0.15, 0.2) is 0 Å². The Morgan fingerprint density at radius 1 is 0.767 bits per heavy atom. The Morgan fingerprint density at radius 2 is 1.37 bits per heavy atom. The molecule has 1 aliphatic carbocycles. The van der Waals surface area contributed by atoms with Crippen molar-refractivity contribution in [2.75, 3.05) is 6.61 Å². The molecule has 0 spiro atoms. The summed E-state index contributed by atoms with van der Waals surface area (Å²) in [6.07, 6.45) is 6.45. The molecular formula is C29H34O. The summed E-state index contributed by atoms with van der Waals surface area (Å²) < 4.78 is 5.80. The fraction of sp³-hybridized carbons (Fsp3) is 0.379. The smallest absolute Gasteiger partial charge is 0.0575 e. The van der Waals surface area contributed by atoms with Crippen LogP contribution < -0.4 is 0 Å². The van der Waals surface area contributed by atoms with E-state index < -0.39 is 0 Å². The molecule has 1 aliphatic rings. The van der Waals surface area contributed by atoms with Crippen LogP contribution >= 0.6 is 0 Å². The van der Waals surface area contributed by atoms with Gasteiger partial charge in [-0.1, -0.05) is 85.8 Å². The maximum atomic E-state index is 5.80. The molecule has 0 aliphatic heterocycles. The Hall–Kier alpha value is -2.38. The molecule has 0 amide bonds. The van der Waals surface area contributed by atoms with E-state index in [2.05, 4.69) is 92.7 Å². The molecule has 4 rings (SSSR count). The lowest BCUT2D eigenvalue weighted by Crippen LogP contribution is -2.20. The van der Waals surface area contributed by atoms with Gasteiger partial charge < -0.3 is 4.74 Å². The van der Waals surface area contributed by atoms with Crippen molar-refractivity contribution in [2.45, 2.75) is 63.9 Å². The molecule has 1 unspecified atom stereocenters. The van der Waals surface area contributed by atoms with Crippen LogP contribution in [-0.4, -0.2) is 12.7 Å².